The Labute approximate surface area is 171 Å². The normalized spacial score (nSPS) is 11.5. The van der Waals surface area contributed by atoms with Gasteiger partial charge < -0.3 is 10.1 Å². The van der Waals surface area contributed by atoms with Gasteiger partial charge in [0.15, 0.2) is 0 Å². The molecular formula is C20H25ClN2O4S. The highest BCUT2D eigenvalue weighted by atomic mass is 35.5. The third-order valence-electron chi connectivity index (χ3n) is 4.02. The number of benzene rings is 2. The Kier molecular flexibility index (Phi) is 7.46. The van der Waals surface area contributed by atoms with E-state index in [1.807, 2.05) is 39.0 Å². The lowest BCUT2D eigenvalue weighted by atomic mass is 10.1. The summed E-state index contributed by atoms with van der Waals surface area (Å²) in [5.74, 6) is 0.00573. The molecule has 0 aliphatic rings. The van der Waals surface area contributed by atoms with Crippen LogP contribution >= 0.6 is 11.6 Å². The summed E-state index contributed by atoms with van der Waals surface area (Å²) in [6.07, 6.45) is 0. The molecule has 152 valence electrons. The summed E-state index contributed by atoms with van der Waals surface area (Å²) in [6, 6.07) is 9.95. The fraction of sp³-hybridized carbons (Fsp3) is 0.350. The van der Waals surface area contributed by atoms with Gasteiger partial charge in [-0.25, -0.2) is 8.42 Å². The summed E-state index contributed by atoms with van der Waals surface area (Å²) in [7, 11) is -3.88. The molecule has 0 saturated carbocycles. The number of carbonyl (C=O) groups is 1. The third-order valence-corrected chi connectivity index (χ3v) is 6.23. The number of halogens is 1. The van der Waals surface area contributed by atoms with E-state index in [2.05, 4.69) is 5.32 Å². The number of nitrogens with one attached hydrogen (secondary N) is 1. The molecule has 8 heteroatoms. The van der Waals surface area contributed by atoms with Crippen LogP contribution in [-0.4, -0.2) is 38.3 Å². The van der Waals surface area contributed by atoms with E-state index in [9.17, 15) is 13.2 Å². The number of anilines is 1. The molecule has 1 N–H and O–H groups in total. The third kappa shape index (κ3) is 5.47. The zero-order chi connectivity index (χ0) is 20.9. The quantitative estimate of drug-likeness (QED) is 0.694. The highest BCUT2D eigenvalue weighted by Crippen LogP contribution is 2.28. The van der Waals surface area contributed by atoms with Crippen LogP contribution in [0.3, 0.4) is 0 Å². The van der Waals surface area contributed by atoms with Crippen molar-refractivity contribution >= 4 is 33.2 Å². The van der Waals surface area contributed by atoms with Crippen LogP contribution in [0.1, 0.15) is 25.0 Å². The molecule has 0 unspecified atom stereocenters. The van der Waals surface area contributed by atoms with Gasteiger partial charge in [-0.05, 0) is 62.2 Å². The number of nitrogens with zero attached hydrogens (tertiary/aromatic N) is 1. The van der Waals surface area contributed by atoms with Crippen molar-refractivity contribution in [1.29, 1.82) is 0 Å². The van der Waals surface area contributed by atoms with Gasteiger partial charge in [-0.2, -0.15) is 4.31 Å². The summed E-state index contributed by atoms with van der Waals surface area (Å²) in [4.78, 5) is 12.4. The van der Waals surface area contributed by atoms with Crippen molar-refractivity contribution in [3.8, 4) is 5.75 Å². The van der Waals surface area contributed by atoms with Crippen molar-refractivity contribution in [2.45, 2.75) is 32.6 Å². The second-order valence-corrected chi connectivity index (χ2v) is 8.73. The van der Waals surface area contributed by atoms with Crippen LogP contribution in [0, 0.1) is 13.8 Å². The van der Waals surface area contributed by atoms with Gasteiger partial charge >= 0.3 is 0 Å². The molecule has 0 fully saturated rings. The minimum Gasteiger partial charge on any atom is -0.492 e. The number of sulfonamides is 1. The number of aryl methyl sites for hydroxylation is 2. The van der Waals surface area contributed by atoms with E-state index >= 15 is 0 Å². The van der Waals surface area contributed by atoms with E-state index in [4.69, 9.17) is 16.3 Å². The molecule has 0 saturated heterocycles. The van der Waals surface area contributed by atoms with Crippen LogP contribution in [-0.2, 0) is 14.8 Å². The highest BCUT2D eigenvalue weighted by molar-refractivity contribution is 7.89. The molecule has 0 aromatic heterocycles. The summed E-state index contributed by atoms with van der Waals surface area (Å²) >= 11 is 6.12. The predicted molar refractivity (Wildman–Crippen MR) is 112 cm³/mol. The van der Waals surface area contributed by atoms with Crippen molar-refractivity contribution in [1.82, 2.24) is 4.31 Å². The minimum absolute atomic E-state index is 0.0157. The van der Waals surface area contributed by atoms with Crippen LogP contribution in [0.4, 0.5) is 5.69 Å². The lowest BCUT2D eigenvalue weighted by molar-refractivity contribution is -0.116. The Morgan fingerprint density at radius 3 is 2.29 bits per heavy atom. The Hall–Kier alpha value is -2.09. The molecule has 1 amide bonds. The maximum Gasteiger partial charge on any atom is 0.243 e. The van der Waals surface area contributed by atoms with Gasteiger partial charge in [-0.3, -0.25) is 4.79 Å². The number of rotatable bonds is 8. The summed E-state index contributed by atoms with van der Waals surface area (Å²) < 4.78 is 32.3. The Balaban J connectivity index is 2.18. The van der Waals surface area contributed by atoms with Gasteiger partial charge in [-0.15, -0.1) is 0 Å². The lowest BCUT2D eigenvalue weighted by Gasteiger charge is -2.20. The Bertz CT molecular complexity index is 940. The maximum absolute atomic E-state index is 12.9. The van der Waals surface area contributed by atoms with Crippen molar-refractivity contribution in [2.75, 3.05) is 25.0 Å². The van der Waals surface area contributed by atoms with Gasteiger partial charge in [0, 0.05) is 12.2 Å². The van der Waals surface area contributed by atoms with E-state index in [1.165, 1.54) is 18.2 Å². The van der Waals surface area contributed by atoms with Gasteiger partial charge in [0.1, 0.15) is 5.75 Å². The van der Waals surface area contributed by atoms with Gasteiger partial charge in [0.25, 0.3) is 0 Å². The van der Waals surface area contributed by atoms with Gasteiger partial charge in [0.05, 0.1) is 23.1 Å². The first kappa shape index (κ1) is 22.2. The van der Waals surface area contributed by atoms with E-state index in [0.717, 1.165) is 15.4 Å². The van der Waals surface area contributed by atoms with Crippen LogP contribution in [0.5, 0.6) is 5.75 Å². The second-order valence-electron chi connectivity index (χ2n) is 6.38. The maximum atomic E-state index is 12.9. The van der Waals surface area contributed by atoms with Crippen LogP contribution in [0.25, 0.3) is 0 Å². The molecular weight excluding hydrogens is 400 g/mol. The average molecular weight is 425 g/mol. The van der Waals surface area contributed by atoms with Gasteiger partial charge in [0.2, 0.25) is 15.9 Å². The number of amides is 1. The molecule has 2 aromatic rings. The van der Waals surface area contributed by atoms with Crippen molar-refractivity contribution < 1.29 is 17.9 Å². The Morgan fingerprint density at radius 2 is 1.75 bits per heavy atom. The second kappa shape index (κ2) is 9.41. The fourth-order valence-corrected chi connectivity index (χ4v) is 4.57. The van der Waals surface area contributed by atoms with E-state index in [1.54, 1.807) is 6.92 Å². The summed E-state index contributed by atoms with van der Waals surface area (Å²) in [5, 5.41) is 2.97. The number of carbonyl (C=O) groups excluding carboxylic acids is 1. The largest absolute Gasteiger partial charge is 0.492 e. The first-order valence-corrected chi connectivity index (χ1v) is 10.8. The van der Waals surface area contributed by atoms with Crippen LogP contribution in [0.15, 0.2) is 41.3 Å². The standard InChI is InChI=1S/C20H25ClN2O4S/c1-5-23(13-20(24)22-16-10-14(3)9-15(4)11-16)28(25,26)17-7-8-19(27-6-2)18(21)12-17/h7-12H,5-6,13H2,1-4H3,(H,22,24). The zero-order valence-electron chi connectivity index (χ0n) is 16.5. The summed E-state index contributed by atoms with van der Waals surface area (Å²) in [6.45, 7) is 7.63. The van der Waals surface area contributed by atoms with Crippen molar-refractivity contribution in [3.05, 3.63) is 52.5 Å². The molecule has 0 radical (unpaired) electrons. The zero-order valence-corrected chi connectivity index (χ0v) is 18.0. The Morgan fingerprint density at radius 1 is 1.11 bits per heavy atom. The van der Waals surface area contributed by atoms with E-state index in [0.29, 0.717) is 18.0 Å². The monoisotopic (exact) mass is 424 g/mol. The molecule has 0 spiro atoms. The summed E-state index contributed by atoms with van der Waals surface area (Å²) in [5.41, 5.74) is 2.67. The predicted octanol–water partition coefficient (Wildman–Crippen LogP) is 4.00. The van der Waals surface area contributed by atoms with Crippen molar-refractivity contribution in [3.63, 3.8) is 0 Å². The molecule has 0 bridgehead atoms. The minimum atomic E-state index is -3.88. The number of hydrogen-bond donors (Lipinski definition) is 1. The topological polar surface area (TPSA) is 75.7 Å². The first-order chi connectivity index (χ1) is 13.2. The number of hydrogen-bond acceptors (Lipinski definition) is 4. The average Bonchev–Trinajstić information content (AvgIpc) is 2.60. The molecule has 2 rings (SSSR count). The molecule has 0 atom stereocenters. The van der Waals surface area contributed by atoms with Crippen LogP contribution in [0.2, 0.25) is 5.02 Å². The van der Waals surface area contributed by atoms with Gasteiger partial charge in [-0.1, -0.05) is 24.6 Å². The molecule has 0 aliphatic heterocycles. The lowest BCUT2D eigenvalue weighted by Crippen LogP contribution is -2.37. The van der Waals surface area contributed by atoms with E-state index < -0.39 is 15.9 Å². The highest BCUT2D eigenvalue weighted by Gasteiger charge is 2.26. The fourth-order valence-electron chi connectivity index (χ4n) is 2.84. The number of ether oxygens (including phenoxy) is 1. The van der Waals surface area contributed by atoms with Crippen molar-refractivity contribution in [2.24, 2.45) is 0 Å². The molecule has 0 aliphatic carbocycles. The molecule has 6 nitrogen and oxygen atoms in total. The molecule has 2 aromatic carbocycles. The molecule has 28 heavy (non-hydrogen) atoms. The first-order valence-electron chi connectivity index (χ1n) is 8.98. The molecule has 0 heterocycles. The number of likely N-dealkylation sites (N-methyl/N-ethyl adjacent to an activating group) is 1. The SMILES string of the molecule is CCOc1ccc(S(=O)(=O)N(CC)CC(=O)Nc2cc(C)cc(C)c2)cc1Cl. The van der Waals surface area contributed by atoms with Crippen LogP contribution < -0.4 is 10.1 Å². The van der Waals surface area contributed by atoms with E-state index in [-0.39, 0.29) is 23.0 Å². The smallest absolute Gasteiger partial charge is 0.243 e.